The maximum absolute atomic E-state index is 14.8. The number of aromatic nitrogens is 2. The molecule has 10 nitrogen and oxygen atoms in total. The molecule has 1 fully saturated rings. The molecule has 5 rings (SSSR count). The van der Waals surface area contributed by atoms with E-state index in [2.05, 4.69) is 14.9 Å². The Hall–Kier alpha value is -4.98. The fraction of sp³-hybridized carbons (Fsp3) is 0.267. The molecule has 1 aliphatic rings. The third-order valence-corrected chi connectivity index (χ3v) is 6.86. The van der Waals surface area contributed by atoms with Crippen LogP contribution in [-0.2, 0) is 20.8 Å². The van der Waals surface area contributed by atoms with E-state index in [1.807, 2.05) is 47.4 Å². The minimum atomic E-state index is -4.76. The highest BCUT2D eigenvalue weighted by Crippen LogP contribution is 2.31. The summed E-state index contributed by atoms with van der Waals surface area (Å²) in [6.07, 6.45) is -8.41. The van der Waals surface area contributed by atoms with Gasteiger partial charge in [0.15, 0.2) is 6.61 Å². The van der Waals surface area contributed by atoms with Gasteiger partial charge >= 0.3 is 18.5 Å². The molecular weight excluding hydrogens is 590 g/mol. The SMILES string of the molecule is O=C(O)OC1(OC(=O)OCC(F)(F)F)CCN(Cc2ccc(-c3noc(-c4ccc(-c5ccccc5)c(F)c4)n3)cc2)CC1. The van der Waals surface area contributed by atoms with E-state index in [1.54, 1.807) is 24.3 Å². The third kappa shape index (κ3) is 7.69. The number of ether oxygens (including phenoxy) is 3. The molecule has 0 aliphatic carbocycles. The number of benzene rings is 3. The van der Waals surface area contributed by atoms with Gasteiger partial charge in [0, 0.05) is 49.2 Å². The normalized spacial score (nSPS) is 15.0. The summed E-state index contributed by atoms with van der Waals surface area (Å²) in [5, 5.41) is 13.1. The molecule has 14 heteroatoms. The first-order chi connectivity index (χ1) is 21.0. The van der Waals surface area contributed by atoms with Gasteiger partial charge in [0.05, 0.1) is 0 Å². The fourth-order valence-electron chi connectivity index (χ4n) is 4.73. The molecule has 3 aromatic carbocycles. The van der Waals surface area contributed by atoms with Crippen molar-refractivity contribution >= 4 is 12.3 Å². The molecule has 4 aromatic rings. The van der Waals surface area contributed by atoms with Crippen LogP contribution in [0.25, 0.3) is 34.0 Å². The molecule has 2 heterocycles. The summed E-state index contributed by atoms with van der Waals surface area (Å²) in [4.78, 5) is 29.3. The van der Waals surface area contributed by atoms with E-state index in [1.165, 1.54) is 6.07 Å². The van der Waals surface area contributed by atoms with Crippen LogP contribution >= 0.6 is 0 Å². The highest BCUT2D eigenvalue weighted by atomic mass is 19.4. The number of rotatable bonds is 8. The van der Waals surface area contributed by atoms with Crippen molar-refractivity contribution in [2.24, 2.45) is 0 Å². The van der Waals surface area contributed by atoms with Crippen LogP contribution in [0, 0.1) is 5.82 Å². The summed E-state index contributed by atoms with van der Waals surface area (Å²) in [7, 11) is 0. The van der Waals surface area contributed by atoms with E-state index in [-0.39, 0.29) is 31.8 Å². The lowest BCUT2D eigenvalue weighted by Crippen LogP contribution is -2.49. The van der Waals surface area contributed by atoms with Gasteiger partial charge in [0.1, 0.15) is 5.82 Å². The zero-order chi connectivity index (χ0) is 31.3. The van der Waals surface area contributed by atoms with Crippen LogP contribution < -0.4 is 0 Å². The number of likely N-dealkylation sites (tertiary alicyclic amines) is 1. The minimum absolute atomic E-state index is 0.114. The molecule has 0 amide bonds. The summed E-state index contributed by atoms with van der Waals surface area (Å²) in [6.45, 7) is -1.00. The van der Waals surface area contributed by atoms with Gasteiger partial charge in [-0.2, -0.15) is 18.2 Å². The summed E-state index contributed by atoms with van der Waals surface area (Å²) >= 11 is 0. The van der Waals surface area contributed by atoms with Crippen molar-refractivity contribution in [2.75, 3.05) is 19.7 Å². The second kappa shape index (κ2) is 12.7. The summed E-state index contributed by atoms with van der Waals surface area (Å²) < 4.78 is 70.9. The van der Waals surface area contributed by atoms with E-state index in [9.17, 15) is 27.2 Å². The van der Waals surface area contributed by atoms with E-state index < -0.39 is 36.7 Å². The van der Waals surface area contributed by atoms with Crippen LogP contribution in [0.5, 0.6) is 0 Å². The van der Waals surface area contributed by atoms with Gasteiger partial charge in [0.2, 0.25) is 5.82 Å². The number of hydrogen-bond acceptors (Lipinski definition) is 9. The Morgan fingerprint density at radius 1 is 0.932 bits per heavy atom. The first kappa shape index (κ1) is 30.5. The molecule has 0 spiro atoms. The number of nitrogens with zero attached hydrogens (tertiary/aromatic N) is 3. The molecule has 1 saturated heterocycles. The van der Waals surface area contributed by atoms with E-state index in [0.717, 1.165) is 11.1 Å². The van der Waals surface area contributed by atoms with Crippen LogP contribution in [0.3, 0.4) is 0 Å². The zero-order valence-electron chi connectivity index (χ0n) is 22.9. The van der Waals surface area contributed by atoms with Crippen molar-refractivity contribution in [1.82, 2.24) is 15.0 Å². The maximum Gasteiger partial charge on any atom is 0.511 e. The number of alkyl halides is 3. The molecule has 0 unspecified atom stereocenters. The Labute approximate surface area is 247 Å². The molecule has 1 N–H and O–H groups in total. The molecule has 0 atom stereocenters. The summed E-state index contributed by atoms with van der Waals surface area (Å²) in [6, 6.07) is 21.1. The van der Waals surface area contributed by atoms with Gasteiger partial charge in [-0.1, -0.05) is 65.8 Å². The largest absolute Gasteiger partial charge is 0.511 e. The van der Waals surface area contributed by atoms with Gasteiger partial charge in [0.25, 0.3) is 11.7 Å². The van der Waals surface area contributed by atoms with Crippen LogP contribution in [0.2, 0.25) is 0 Å². The molecule has 44 heavy (non-hydrogen) atoms. The predicted octanol–water partition coefficient (Wildman–Crippen LogP) is 6.91. The second-order valence-corrected chi connectivity index (χ2v) is 9.99. The minimum Gasteiger partial charge on any atom is -0.450 e. The molecule has 0 radical (unpaired) electrons. The van der Waals surface area contributed by atoms with Crippen molar-refractivity contribution in [1.29, 1.82) is 0 Å². The van der Waals surface area contributed by atoms with Gasteiger partial charge in [-0.25, -0.2) is 14.0 Å². The summed E-state index contributed by atoms with van der Waals surface area (Å²) in [5.41, 5.74) is 3.17. The lowest BCUT2D eigenvalue weighted by molar-refractivity contribution is -0.220. The van der Waals surface area contributed by atoms with Crippen LogP contribution in [0.15, 0.2) is 77.3 Å². The number of piperidine rings is 1. The average molecular weight is 616 g/mol. The number of halogens is 4. The Morgan fingerprint density at radius 3 is 2.25 bits per heavy atom. The number of carbonyl (C=O) groups excluding carboxylic acids is 1. The van der Waals surface area contributed by atoms with Crippen molar-refractivity contribution in [2.45, 2.75) is 31.3 Å². The first-order valence-electron chi connectivity index (χ1n) is 13.3. The molecule has 0 bridgehead atoms. The molecule has 230 valence electrons. The zero-order valence-corrected chi connectivity index (χ0v) is 22.9. The van der Waals surface area contributed by atoms with Crippen LogP contribution in [0.1, 0.15) is 18.4 Å². The smallest absolute Gasteiger partial charge is 0.450 e. The number of carboxylic acid groups (broad SMARTS) is 1. The molecule has 1 aromatic heterocycles. The first-order valence-corrected chi connectivity index (χ1v) is 13.3. The van der Waals surface area contributed by atoms with Gasteiger partial charge < -0.3 is 23.8 Å². The van der Waals surface area contributed by atoms with Gasteiger partial charge in [-0.15, -0.1) is 0 Å². The molecule has 1 aliphatic heterocycles. The average Bonchev–Trinajstić information content (AvgIpc) is 3.48. The lowest BCUT2D eigenvalue weighted by Gasteiger charge is -2.38. The standard InChI is InChI=1S/C30H25F4N3O7/c31-24-16-22(10-11-23(24)20-4-2-1-3-5-20)26-35-25(36-44-26)21-8-6-19(7-9-21)17-37-14-12-29(13-15-37,42-27(38)39)43-28(40)41-18-30(32,33)34/h1-11,16H,12-15,17-18H2,(H,38,39). The van der Waals surface area contributed by atoms with E-state index in [4.69, 9.17) is 19.1 Å². The van der Waals surface area contributed by atoms with E-state index in [0.29, 0.717) is 29.1 Å². The lowest BCUT2D eigenvalue weighted by atomic mass is 10.0. The highest BCUT2D eigenvalue weighted by molar-refractivity contribution is 5.69. The Morgan fingerprint density at radius 2 is 1.61 bits per heavy atom. The monoisotopic (exact) mass is 615 g/mol. The Bertz CT molecular complexity index is 1600. The Balaban J connectivity index is 1.18. The summed E-state index contributed by atoms with van der Waals surface area (Å²) in [5.74, 6) is -1.92. The van der Waals surface area contributed by atoms with E-state index >= 15 is 0 Å². The number of carbonyl (C=O) groups is 2. The van der Waals surface area contributed by atoms with Crippen molar-refractivity contribution in [3.05, 3.63) is 84.2 Å². The van der Waals surface area contributed by atoms with Crippen molar-refractivity contribution < 1.29 is 51.0 Å². The Kier molecular flexibility index (Phi) is 8.81. The van der Waals surface area contributed by atoms with Crippen molar-refractivity contribution in [3.63, 3.8) is 0 Å². The maximum atomic E-state index is 14.8. The third-order valence-electron chi connectivity index (χ3n) is 6.86. The van der Waals surface area contributed by atoms with Crippen LogP contribution in [-0.4, -0.2) is 64.1 Å². The second-order valence-electron chi connectivity index (χ2n) is 9.99. The quantitative estimate of drug-likeness (QED) is 0.127. The van der Waals surface area contributed by atoms with Crippen molar-refractivity contribution in [3.8, 4) is 34.0 Å². The topological polar surface area (TPSA) is 124 Å². The van der Waals surface area contributed by atoms with Gasteiger partial charge in [-0.05, 0) is 23.3 Å². The molecular formula is C30H25F4N3O7. The van der Waals surface area contributed by atoms with Gasteiger partial charge in [-0.3, -0.25) is 4.90 Å². The molecule has 0 saturated carbocycles. The predicted molar refractivity (Wildman–Crippen MR) is 145 cm³/mol. The van der Waals surface area contributed by atoms with Crippen LogP contribution in [0.4, 0.5) is 27.2 Å². The fourth-order valence-corrected chi connectivity index (χ4v) is 4.73. The highest BCUT2D eigenvalue weighted by Gasteiger charge is 2.43. The number of hydrogen-bond donors (Lipinski definition) is 1.